The van der Waals surface area contributed by atoms with Crippen LogP contribution in [0.5, 0.6) is 0 Å². The first-order valence-corrected chi connectivity index (χ1v) is 8.57. The van der Waals surface area contributed by atoms with Gasteiger partial charge in [-0.3, -0.25) is 4.79 Å². The monoisotopic (exact) mass is 345 g/mol. The van der Waals surface area contributed by atoms with Gasteiger partial charge in [0.2, 0.25) is 5.91 Å². The Balaban J connectivity index is 1.29. The van der Waals surface area contributed by atoms with E-state index < -0.39 is 0 Å². The van der Waals surface area contributed by atoms with Crippen LogP contribution in [0.2, 0.25) is 0 Å². The van der Waals surface area contributed by atoms with Gasteiger partial charge in [0, 0.05) is 19.2 Å². The van der Waals surface area contributed by atoms with Crippen LogP contribution in [0.1, 0.15) is 11.4 Å². The molecule has 0 fully saturated rings. The SMILES string of the molecule is O=C(Cc1cnn(-c2ccccc2)c1)NCCc1nc2ccccc2[nH]1. The molecule has 0 aliphatic heterocycles. The van der Waals surface area contributed by atoms with E-state index in [2.05, 4.69) is 20.4 Å². The Morgan fingerprint density at radius 1 is 1.08 bits per heavy atom. The summed E-state index contributed by atoms with van der Waals surface area (Å²) in [6, 6.07) is 17.7. The smallest absolute Gasteiger partial charge is 0.224 e. The molecule has 2 aromatic carbocycles. The zero-order valence-corrected chi connectivity index (χ0v) is 14.2. The number of hydrogen-bond donors (Lipinski definition) is 2. The number of nitrogens with one attached hydrogen (secondary N) is 2. The number of carbonyl (C=O) groups excluding carboxylic acids is 1. The van der Waals surface area contributed by atoms with Gasteiger partial charge < -0.3 is 10.3 Å². The van der Waals surface area contributed by atoms with E-state index in [4.69, 9.17) is 0 Å². The van der Waals surface area contributed by atoms with Gasteiger partial charge in [-0.15, -0.1) is 0 Å². The lowest BCUT2D eigenvalue weighted by molar-refractivity contribution is -0.120. The highest BCUT2D eigenvalue weighted by Gasteiger charge is 2.07. The van der Waals surface area contributed by atoms with Crippen LogP contribution in [-0.4, -0.2) is 32.2 Å². The fourth-order valence-electron chi connectivity index (χ4n) is 2.87. The number of hydrogen-bond acceptors (Lipinski definition) is 3. The molecule has 4 aromatic rings. The molecule has 1 amide bonds. The van der Waals surface area contributed by atoms with Crippen molar-refractivity contribution in [3.8, 4) is 5.69 Å². The number of imidazole rings is 1. The van der Waals surface area contributed by atoms with Crippen LogP contribution >= 0.6 is 0 Å². The molecule has 0 saturated heterocycles. The van der Waals surface area contributed by atoms with Gasteiger partial charge in [-0.05, 0) is 29.8 Å². The standard InChI is InChI=1S/C20H19N5O/c26-20(12-15-13-22-25(14-15)16-6-2-1-3-7-16)21-11-10-19-23-17-8-4-5-9-18(17)24-19/h1-9,13-14H,10-12H2,(H,21,26)(H,23,24). The van der Waals surface area contributed by atoms with E-state index in [1.165, 1.54) is 0 Å². The molecule has 6 nitrogen and oxygen atoms in total. The third kappa shape index (κ3) is 3.64. The maximum Gasteiger partial charge on any atom is 0.224 e. The number of benzene rings is 2. The summed E-state index contributed by atoms with van der Waals surface area (Å²) in [6.45, 7) is 0.547. The number of nitrogens with zero attached hydrogens (tertiary/aromatic N) is 3. The Morgan fingerprint density at radius 2 is 1.88 bits per heavy atom. The molecule has 0 spiro atoms. The number of aromatic nitrogens is 4. The van der Waals surface area contributed by atoms with Gasteiger partial charge in [-0.25, -0.2) is 9.67 Å². The van der Waals surface area contributed by atoms with Gasteiger partial charge >= 0.3 is 0 Å². The van der Waals surface area contributed by atoms with Crippen LogP contribution in [0.25, 0.3) is 16.7 Å². The van der Waals surface area contributed by atoms with Crippen molar-refractivity contribution < 1.29 is 4.79 Å². The zero-order chi connectivity index (χ0) is 17.8. The first kappa shape index (κ1) is 16.1. The fraction of sp³-hybridized carbons (Fsp3) is 0.150. The minimum atomic E-state index is -0.0197. The number of aromatic amines is 1. The highest BCUT2D eigenvalue weighted by Crippen LogP contribution is 2.10. The van der Waals surface area contributed by atoms with Crippen LogP contribution in [0.15, 0.2) is 67.0 Å². The maximum atomic E-state index is 12.1. The van der Waals surface area contributed by atoms with Crippen LogP contribution in [0.4, 0.5) is 0 Å². The number of fused-ring (bicyclic) bond motifs is 1. The predicted octanol–water partition coefficient (Wildman–Crippen LogP) is 2.65. The Labute approximate surface area is 150 Å². The van der Waals surface area contributed by atoms with Crippen molar-refractivity contribution in [3.63, 3.8) is 0 Å². The molecule has 0 atom stereocenters. The van der Waals surface area contributed by atoms with Crippen molar-refractivity contribution in [2.24, 2.45) is 0 Å². The van der Waals surface area contributed by atoms with Crippen LogP contribution in [-0.2, 0) is 17.6 Å². The summed E-state index contributed by atoms with van der Waals surface area (Å²) in [5, 5.41) is 7.25. The lowest BCUT2D eigenvalue weighted by Gasteiger charge is -2.02. The second kappa shape index (κ2) is 7.23. The van der Waals surface area contributed by atoms with E-state index in [1.54, 1.807) is 10.9 Å². The summed E-state index contributed by atoms with van der Waals surface area (Å²) in [6.07, 6.45) is 4.59. The van der Waals surface area contributed by atoms with Crippen LogP contribution in [0, 0.1) is 0 Å². The number of amides is 1. The molecule has 0 saturated carbocycles. The summed E-state index contributed by atoms with van der Waals surface area (Å²) in [5.74, 6) is 0.858. The zero-order valence-electron chi connectivity index (χ0n) is 14.2. The van der Waals surface area contributed by atoms with E-state index in [9.17, 15) is 4.79 Å². The van der Waals surface area contributed by atoms with Gasteiger partial charge in [0.05, 0.1) is 29.3 Å². The second-order valence-electron chi connectivity index (χ2n) is 6.11. The van der Waals surface area contributed by atoms with Crippen molar-refractivity contribution in [2.45, 2.75) is 12.8 Å². The average molecular weight is 345 g/mol. The quantitative estimate of drug-likeness (QED) is 0.564. The van der Waals surface area contributed by atoms with E-state index in [1.807, 2.05) is 60.8 Å². The van der Waals surface area contributed by atoms with E-state index in [0.717, 1.165) is 28.1 Å². The average Bonchev–Trinajstić information content (AvgIpc) is 3.29. The van der Waals surface area contributed by atoms with E-state index >= 15 is 0 Å². The highest BCUT2D eigenvalue weighted by molar-refractivity contribution is 5.78. The van der Waals surface area contributed by atoms with Gasteiger partial charge in [0.1, 0.15) is 5.82 Å². The molecule has 0 unspecified atom stereocenters. The van der Waals surface area contributed by atoms with Gasteiger partial charge in [0.15, 0.2) is 0 Å². The summed E-state index contributed by atoms with van der Waals surface area (Å²) in [5.41, 5.74) is 3.82. The molecule has 0 aliphatic carbocycles. The number of H-pyrrole nitrogens is 1. The summed E-state index contributed by atoms with van der Waals surface area (Å²) in [7, 11) is 0. The molecule has 2 N–H and O–H groups in total. The lowest BCUT2D eigenvalue weighted by Crippen LogP contribution is -2.27. The number of para-hydroxylation sites is 3. The molecule has 0 radical (unpaired) electrons. The van der Waals surface area contributed by atoms with Crippen LogP contribution in [0.3, 0.4) is 0 Å². The maximum absolute atomic E-state index is 12.1. The molecular formula is C20H19N5O. The van der Waals surface area contributed by atoms with E-state index in [0.29, 0.717) is 19.4 Å². The van der Waals surface area contributed by atoms with Crippen molar-refractivity contribution in [1.29, 1.82) is 0 Å². The molecule has 26 heavy (non-hydrogen) atoms. The molecule has 2 aromatic heterocycles. The Morgan fingerprint density at radius 3 is 2.73 bits per heavy atom. The van der Waals surface area contributed by atoms with Crippen molar-refractivity contribution in [1.82, 2.24) is 25.1 Å². The summed E-state index contributed by atoms with van der Waals surface area (Å²) < 4.78 is 1.77. The second-order valence-corrected chi connectivity index (χ2v) is 6.11. The van der Waals surface area contributed by atoms with Crippen molar-refractivity contribution >= 4 is 16.9 Å². The molecular weight excluding hydrogens is 326 g/mol. The Bertz CT molecular complexity index is 986. The van der Waals surface area contributed by atoms with Crippen LogP contribution < -0.4 is 5.32 Å². The van der Waals surface area contributed by atoms with Gasteiger partial charge in [-0.2, -0.15) is 5.10 Å². The summed E-state index contributed by atoms with van der Waals surface area (Å²) in [4.78, 5) is 19.9. The molecule has 0 aliphatic rings. The number of carbonyl (C=O) groups is 1. The molecule has 0 bridgehead atoms. The minimum absolute atomic E-state index is 0.0197. The van der Waals surface area contributed by atoms with Crippen molar-refractivity contribution in [3.05, 3.63) is 78.4 Å². The predicted molar refractivity (Wildman–Crippen MR) is 100 cm³/mol. The lowest BCUT2D eigenvalue weighted by atomic mass is 10.2. The third-order valence-corrected chi connectivity index (χ3v) is 4.14. The molecule has 130 valence electrons. The topological polar surface area (TPSA) is 75.6 Å². The first-order valence-electron chi connectivity index (χ1n) is 8.57. The Kier molecular flexibility index (Phi) is 4.47. The largest absolute Gasteiger partial charge is 0.355 e. The van der Waals surface area contributed by atoms with Crippen molar-refractivity contribution in [2.75, 3.05) is 6.54 Å². The normalized spacial score (nSPS) is 10.9. The number of rotatable bonds is 6. The molecule has 2 heterocycles. The summed E-state index contributed by atoms with van der Waals surface area (Å²) >= 11 is 0. The van der Waals surface area contributed by atoms with Gasteiger partial charge in [0.25, 0.3) is 0 Å². The minimum Gasteiger partial charge on any atom is -0.355 e. The first-order chi connectivity index (χ1) is 12.8. The molecule has 6 heteroatoms. The van der Waals surface area contributed by atoms with E-state index in [-0.39, 0.29) is 5.91 Å². The fourth-order valence-corrected chi connectivity index (χ4v) is 2.87. The van der Waals surface area contributed by atoms with Gasteiger partial charge in [-0.1, -0.05) is 30.3 Å². The highest BCUT2D eigenvalue weighted by atomic mass is 16.1. The molecule has 4 rings (SSSR count). The Hall–Kier alpha value is -3.41. The third-order valence-electron chi connectivity index (χ3n) is 4.14.